The molecule has 30 heavy (non-hydrogen) atoms. The lowest BCUT2D eigenvalue weighted by Crippen LogP contribution is -2.27. The summed E-state index contributed by atoms with van der Waals surface area (Å²) in [6.07, 6.45) is -3.32. The fourth-order valence-corrected chi connectivity index (χ4v) is 5.64. The first-order valence-corrected chi connectivity index (χ1v) is 11.8. The number of ether oxygens (including phenoxy) is 1. The minimum absolute atomic E-state index is 0.0798. The van der Waals surface area contributed by atoms with Gasteiger partial charge in [-0.25, -0.2) is 16.8 Å². The highest BCUT2D eigenvalue weighted by Gasteiger charge is 2.35. The third kappa shape index (κ3) is 4.55. The molecule has 1 N–H and O–H groups in total. The average molecular weight is 464 g/mol. The number of hydrogen-bond acceptors (Lipinski definition) is 5. The van der Waals surface area contributed by atoms with Gasteiger partial charge >= 0.3 is 6.18 Å². The van der Waals surface area contributed by atoms with Crippen LogP contribution in [0.15, 0.2) is 52.3 Å². The maximum absolute atomic E-state index is 13.3. The van der Waals surface area contributed by atoms with E-state index < -0.39 is 37.5 Å². The molecule has 3 rings (SSSR count). The largest absolute Gasteiger partial charge is 0.497 e. The number of benzene rings is 2. The summed E-state index contributed by atoms with van der Waals surface area (Å²) in [5, 5.41) is 0. The first-order chi connectivity index (χ1) is 13.9. The second-order valence-corrected chi connectivity index (χ2v) is 10.2. The molecule has 2 aromatic carbocycles. The first kappa shape index (κ1) is 22.4. The summed E-state index contributed by atoms with van der Waals surface area (Å²) < 4.78 is 98.1. The lowest BCUT2D eigenvalue weighted by molar-refractivity contribution is -0.137. The van der Waals surface area contributed by atoms with Crippen LogP contribution in [0.5, 0.6) is 5.75 Å². The fourth-order valence-electron chi connectivity index (χ4n) is 3.05. The van der Waals surface area contributed by atoms with E-state index in [-0.39, 0.29) is 15.5 Å². The first-order valence-electron chi connectivity index (χ1n) is 8.83. The molecule has 12 heteroatoms. The summed E-state index contributed by atoms with van der Waals surface area (Å²) in [6, 6.07) is 7.17. The molecule has 1 aliphatic heterocycles. The van der Waals surface area contributed by atoms with Crippen molar-refractivity contribution in [1.82, 2.24) is 4.31 Å². The molecule has 0 spiro atoms. The van der Waals surface area contributed by atoms with Crippen molar-refractivity contribution < 1.29 is 34.7 Å². The zero-order chi connectivity index (χ0) is 22.2. The molecular formula is C18H19F3N2O5S2. The maximum Gasteiger partial charge on any atom is 0.418 e. The van der Waals surface area contributed by atoms with Gasteiger partial charge in [0.25, 0.3) is 10.0 Å². The van der Waals surface area contributed by atoms with Crippen LogP contribution in [-0.4, -0.2) is 41.3 Å². The molecule has 7 nitrogen and oxygen atoms in total. The Balaban J connectivity index is 1.90. The quantitative estimate of drug-likeness (QED) is 0.708. The van der Waals surface area contributed by atoms with E-state index in [4.69, 9.17) is 4.74 Å². The Labute approximate surface area is 172 Å². The topological polar surface area (TPSA) is 92.8 Å². The maximum atomic E-state index is 13.3. The molecule has 0 bridgehead atoms. The van der Waals surface area contributed by atoms with E-state index in [0.717, 1.165) is 43.2 Å². The minimum atomic E-state index is -4.82. The molecule has 0 aliphatic carbocycles. The Morgan fingerprint density at radius 1 is 0.933 bits per heavy atom. The van der Waals surface area contributed by atoms with E-state index in [0.29, 0.717) is 19.2 Å². The number of sulfonamides is 2. The Hall–Kier alpha value is -2.31. The molecule has 0 unspecified atom stereocenters. The molecule has 0 amide bonds. The third-order valence-electron chi connectivity index (χ3n) is 4.61. The van der Waals surface area contributed by atoms with E-state index in [1.807, 2.05) is 4.72 Å². The zero-order valence-corrected chi connectivity index (χ0v) is 17.4. The van der Waals surface area contributed by atoms with Gasteiger partial charge in [0.05, 0.1) is 28.2 Å². The monoisotopic (exact) mass is 464 g/mol. The summed E-state index contributed by atoms with van der Waals surface area (Å²) in [6.45, 7) is 0.781. The number of alkyl halides is 3. The number of nitrogens with zero attached hydrogens (tertiary/aromatic N) is 1. The highest BCUT2D eigenvalue weighted by Crippen LogP contribution is 2.38. The summed E-state index contributed by atoms with van der Waals surface area (Å²) >= 11 is 0. The zero-order valence-electron chi connectivity index (χ0n) is 15.8. The Morgan fingerprint density at radius 3 is 2.03 bits per heavy atom. The Kier molecular flexibility index (Phi) is 6.03. The molecule has 0 radical (unpaired) electrons. The van der Waals surface area contributed by atoms with Gasteiger partial charge in [-0.1, -0.05) is 0 Å². The lowest BCUT2D eigenvalue weighted by atomic mass is 10.1. The van der Waals surface area contributed by atoms with Gasteiger partial charge in [0.2, 0.25) is 10.0 Å². The number of halogens is 3. The molecule has 2 aromatic rings. The van der Waals surface area contributed by atoms with Crippen LogP contribution in [0.25, 0.3) is 0 Å². The molecular weight excluding hydrogens is 445 g/mol. The number of anilines is 1. The van der Waals surface area contributed by atoms with Crippen LogP contribution < -0.4 is 9.46 Å². The second kappa shape index (κ2) is 8.08. The summed E-state index contributed by atoms with van der Waals surface area (Å²) in [7, 11) is -6.94. The number of hydrogen-bond donors (Lipinski definition) is 1. The average Bonchev–Trinajstić information content (AvgIpc) is 3.23. The molecule has 164 valence electrons. The van der Waals surface area contributed by atoms with Gasteiger partial charge in [-0.2, -0.15) is 17.5 Å². The van der Waals surface area contributed by atoms with Crippen molar-refractivity contribution in [2.45, 2.75) is 28.8 Å². The van der Waals surface area contributed by atoms with Crippen LogP contribution in [0.1, 0.15) is 18.4 Å². The van der Waals surface area contributed by atoms with E-state index in [2.05, 4.69) is 0 Å². The Morgan fingerprint density at radius 2 is 1.50 bits per heavy atom. The van der Waals surface area contributed by atoms with Crippen molar-refractivity contribution in [3.05, 3.63) is 48.0 Å². The van der Waals surface area contributed by atoms with Gasteiger partial charge in [-0.05, 0) is 55.3 Å². The molecule has 0 saturated carbocycles. The number of rotatable bonds is 6. The van der Waals surface area contributed by atoms with Gasteiger partial charge in [-0.15, -0.1) is 0 Å². The van der Waals surface area contributed by atoms with E-state index in [1.165, 1.54) is 17.5 Å². The highest BCUT2D eigenvalue weighted by molar-refractivity contribution is 7.92. The third-order valence-corrected chi connectivity index (χ3v) is 7.91. The SMILES string of the molecule is COc1ccc(NS(=O)(=O)c2ccc(S(=O)(=O)N3CCCC3)cc2)c(C(F)(F)F)c1. The number of methoxy groups -OCH3 is 1. The van der Waals surface area contributed by atoms with Gasteiger partial charge in [0.15, 0.2) is 0 Å². The predicted molar refractivity (Wildman–Crippen MR) is 103 cm³/mol. The number of nitrogens with one attached hydrogen (secondary N) is 1. The normalized spacial score (nSPS) is 15.9. The summed E-state index contributed by atoms with van der Waals surface area (Å²) in [4.78, 5) is -0.449. The highest BCUT2D eigenvalue weighted by atomic mass is 32.2. The van der Waals surface area contributed by atoms with Gasteiger partial charge in [-0.3, -0.25) is 4.72 Å². The predicted octanol–water partition coefficient (Wildman–Crippen LogP) is 3.30. The van der Waals surface area contributed by atoms with Crippen LogP contribution in [0.2, 0.25) is 0 Å². The van der Waals surface area contributed by atoms with Crippen molar-refractivity contribution in [1.29, 1.82) is 0 Å². The fraction of sp³-hybridized carbons (Fsp3) is 0.333. The van der Waals surface area contributed by atoms with E-state index in [1.54, 1.807) is 0 Å². The Bertz CT molecular complexity index is 1130. The molecule has 1 aliphatic rings. The molecule has 1 fully saturated rings. The van der Waals surface area contributed by atoms with Crippen LogP contribution in [0.4, 0.5) is 18.9 Å². The molecule has 0 atom stereocenters. The minimum Gasteiger partial charge on any atom is -0.497 e. The lowest BCUT2D eigenvalue weighted by Gasteiger charge is -2.17. The van der Waals surface area contributed by atoms with Gasteiger partial charge < -0.3 is 4.74 Å². The molecule has 1 saturated heterocycles. The molecule has 0 aromatic heterocycles. The van der Waals surface area contributed by atoms with Gasteiger partial charge in [0.1, 0.15) is 5.75 Å². The van der Waals surface area contributed by atoms with Crippen molar-refractivity contribution in [3.63, 3.8) is 0 Å². The second-order valence-electron chi connectivity index (χ2n) is 6.60. The van der Waals surface area contributed by atoms with E-state index >= 15 is 0 Å². The smallest absolute Gasteiger partial charge is 0.418 e. The van der Waals surface area contributed by atoms with Crippen LogP contribution in [-0.2, 0) is 26.2 Å². The van der Waals surface area contributed by atoms with Crippen LogP contribution >= 0.6 is 0 Å². The van der Waals surface area contributed by atoms with Gasteiger partial charge in [0, 0.05) is 13.1 Å². The van der Waals surface area contributed by atoms with Crippen molar-refractivity contribution in [2.24, 2.45) is 0 Å². The van der Waals surface area contributed by atoms with Crippen molar-refractivity contribution in [2.75, 3.05) is 24.9 Å². The standard InChI is InChI=1S/C18H19F3N2O5S2/c1-28-13-4-9-17(16(12-13)18(19,20)21)22-29(24,25)14-5-7-15(8-6-14)30(26,27)23-10-2-3-11-23/h4-9,12,22H,2-3,10-11H2,1H3. The van der Waals surface area contributed by atoms with E-state index in [9.17, 15) is 30.0 Å². The molecule has 1 heterocycles. The summed E-state index contributed by atoms with van der Waals surface area (Å²) in [5.74, 6) is -0.0817. The van der Waals surface area contributed by atoms with Crippen LogP contribution in [0, 0.1) is 0 Å². The summed E-state index contributed by atoms with van der Waals surface area (Å²) in [5.41, 5.74) is -1.88. The van der Waals surface area contributed by atoms with Crippen molar-refractivity contribution >= 4 is 25.7 Å². The van der Waals surface area contributed by atoms with Crippen molar-refractivity contribution in [3.8, 4) is 5.75 Å². The van der Waals surface area contributed by atoms with Crippen LogP contribution in [0.3, 0.4) is 0 Å².